The number of benzene rings is 2. The number of amides is 2. The first kappa shape index (κ1) is 36.3. The Balaban J connectivity index is 2.12. The molecule has 2 unspecified atom stereocenters. The van der Waals surface area contributed by atoms with Crippen LogP contribution in [0.25, 0.3) is 0 Å². The number of hydrogen-bond donors (Lipinski definition) is 2. The van der Waals surface area contributed by atoms with Gasteiger partial charge in [0.05, 0.1) is 24.3 Å². The molecule has 0 bridgehead atoms. The number of carbonyl (C=O) groups is 4. The van der Waals surface area contributed by atoms with E-state index in [9.17, 15) is 38.1 Å². The van der Waals surface area contributed by atoms with E-state index < -0.39 is 64.1 Å². The van der Waals surface area contributed by atoms with Crippen LogP contribution in [0.3, 0.4) is 0 Å². The van der Waals surface area contributed by atoms with Crippen molar-refractivity contribution in [2.24, 2.45) is 7.05 Å². The second-order valence-electron chi connectivity index (χ2n) is 9.98. The average molecular weight is 681 g/mol. The minimum absolute atomic E-state index is 0.144. The Labute approximate surface area is 262 Å². The zero-order chi connectivity index (χ0) is 34.6. The molecule has 0 radical (unpaired) electrons. The van der Waals surface area contributed by atoms with E-state index in [4.69, 9.17) is 19.3 Å². The van der Waals surface area contributed by atoms with E-state index in [2.05, 4.69) is 9.05 Å². The Morgan fingerprint density at radius 1 is 0.717 bits per heavy atom. The molecule has 0 spiro atoms. The van der Waals surface area contributed by atoms with Crippen molar-refractivity contribution < 1.29 is 66.4 Å². The fourth-order valence-corrected chi connectivity index (χ4v) is 4.54. The summed E-state index contributed by atoms with van der Waals surface area (Å²) in [6, 6.07) is 10.5. The lowest BCUT2D eigenvalue weighted by molar-refractivity contribution is -0.222. The Hall–Kier alpha value is -4.18. The summed E-state index contributed by atoms with van der Waals surface area (Å²) >= 11 is 0. The van der Waals surface area contributed by atoms with Gasteiger partial charge in [0, 0.05) is 35.2 Å². The number of aromatic nitrogens is 1. The number of hydrogen-bond acceptors (Lipinski definition) is 12. The average Bonchev–Trinajstić information content (AvgIpc) is 3.23. The van der Waals surface area contributed by atoms with Gasteiger partial charge in [-0.2, -0.15) is 0 Å². The van der Waals surface area contributed by atoms with Gasteiger partial charge in [0.1, 0.15) is 0 Å². The first-order valence-electron chi connectivity index (χ1n) is 12.9. The lowest BCUT2D eigenvalue weighted by atomic mass is 10.1. The van der Waals surface area contributed by atoms with Gasteiger partial charge < -0.3 is 52.5 Å². The van der Waals surface area contributed by atoms with Gasteiger partial charge in [0.15, 0.2) is 11.4 Å². The van der Waals surface area contributed by atoms with Crippen LogP contribution in [0.1, 0.15) is 52.8 Å². The summed E-state index contributed by atoms with van der Waals surface area (Å²) in [6.07, 6.45) is 0. The molecule has 248 valence electrons. The van der Waals surface area contributed by atoms with Crippen LogP contribution in [0.5, 0.6) is 11.5 Å². The van der Waals surface area contributed by atoms with Gasteiger partial charge in [-0.15, -0.1) is 0 Å². The highest BCUT2D eigenvalue weighted by Crippen LogP contribution is 2.40. The minimum atomic E-state index is -5.07. The van der Waals surface area contributed by atoms with Crippen LogP contribution in [0.4, 0.5) is 0 Å². The number of rotatable bonds is 12. The van der Waals surface area contributed by atoms with Crippen LogP contribution in [-0.4, -0.2) is 76.1 Å². The lowest BCUT2D eigenvalue weighted by Gasteiger charge is -2.16. The molecule has 46 heavy (non-hydrogen) atoms. The molecule has 2 amide bonds. The van der Waals surface area contributed by atoms with Crippen LogP contribution in [0.2, 0.25) is 0 Å². The van der Waals surface area contributed by atoms with Gasteiger partial charge in [-0.25, -0.2) is 9.59 Å². The maximum absolute atomic E-state index is 13.4. The number of esters is 2. The van der Waals surface area contributed by atoms with Crippen molar-refractivity contribution in [2.75, 3.05) is 28.2 Å². The number of nitrogens with zero attached hydrogens (tertiary/aromatic N) is 3. The fourth-order valence-electron chi connectivity index (χ4n) is 3.92. The Kier molecular flexibility index (Phi) is 11.4. The van der Waals surface area contributed by atoms with Crippen LogP contribution in [0.15, 0.2) is 48.5 Å². The lowest BCUT2D eigenvalue weighted by Crippen LogP contribution is -2.28. The van der Waals surface area contributed by atoms with Crippen molar-refractivity contribution >= 4 is 39.4 Å². The standard InChI is InChI=1S/C27H31N3O14P2/c1-28(2)24(31)20-22(43-26(33)18-10-6-8-16(12-18)14-41-45(35,36)37)23(21(30(20)5)25(32)29(3)4)44-27(34)19-11-7-9-17(13-19)15-42-46(38,39)40/h6-13H,14-15H2,1-5H3,(H2,35,36,37)(H2,38,39,40)/p-2. The van der Waals surface area contributed by atoms with Crippen LogP contribution in [0, 0.1) is 0 Å². The molecule has 0 fully saturated rings. The molecule has 0 saturated carbocycles. The first-order valence-corrected chi connectivity index (χ1v) is 15.9. The molecular formula is C27H29N3O14P2-2. The summed E-state index contributed by atoms with van der Waals surface area (Å²) in [5.41, 5.74) is -0.755. The smallest absolute Gasteiger partial charge is 0.343 e. The van der Waals surface area contributed by atoms with Crippen LogP contribution >= 0.6 is 15.6 Å². The minimum Gasteiger partial charge on any atom is -0.756 e. The molecule has 0 saturated heterocycles. The van der Waals surface area contributed by atoms with Gasteiger partial charge in [0.2, 0.25) is 11.5 Å². The molecule has 19 heteroatoms. The van der Waals surface area contributed by atoms with Gasteiger partial charge >= 0.3 is 11.9 Å². The molecule has 0 aliphatic rings. The van der Waals surface area contributed by atoms with Crippen LogP contribution < -0.4 is 19.3 Å². The molecule has 3 rings (SSSR count). The Morgan fingerprint density at radius 2 is 1.07 bits per heavy atom. The molecule has 2 aromatic carbocycles. The summed E-state index contributed by atoms with van der Waals surface area (Å²) in [6.45, 7) is -1.24. The summed E-state index contributed by atoms with van der Waals surface area (Å²) in [7, 11) is -3.28. The highest BCUT2D eigenvalue weighted by Gasteiger charge is 2.36. The van der Waals surface area contributed by atoms with Gasteiger partial charge in [-0.1, -0.05) is 24.3 Å². The van der Waals surface area contributed by atoms with Crippen molar-refractivity contribution in [1.29, 1.82) is 0 Å². The molecule has 17 nitrogen and oxygen atoms in total. The number of phosphoric acid groups is 2. The van der Waals surface area contributed by atoms with E-state index in [-0.39, 0.29) is 33.6 Å². The predicted octanol–water partition coefficient (Wildman–Crippen LogP) is 0.822. The molecular weight excluding hydrogens is 652 g/mol. The Bertz CT molecular complexity index is 1630. The monoisotopic (exact) mass is 681 g/mol. The third kappa shape index (κ3) is 9.42. The predicted molar refractivity (Wildman–Crippen MR) is 153 cm³/mol. The molecule has 1 heterocycles. The van der Waals surface area contributed by atoms with E-state index >= 15 is 0 Å². The molecule has 2 atom stereocenters. The van der Waals surface area contributed by atoms with E-state index in [1.807, 2.05) is 0 Å². The van der Waals surface area contributed by atoms with Crippen molar-refractivity contribution in [3.05, 3.63) is 82.2 Å². The summed E-state index contributed by atoms with van der Waals surface area (Å²) in [5, 5.41) is 0. The van der Waals surface area contributed by atoms with E-state index in [0.717, 1.165) is 14.4 Å². The zero-order valence-electron chi connectivity index (χ0n) is 25.1. The van der Waals surface area contributed by atoms with Crippen molar-refractivity contribution in [2.45, 2.75) is 13.2 Å². The fraction of sp³-hybridized carbons (Fsp3) is 0.259. The maximum Gasteiger partial charge on any atom is 0.343 e. The third-order valence-electron chi connectivity index (χ3n) is 6.03. The summed E-state index contributed by atoms with van der Waals surface area (Å²) in [4.78, 5) is 95.4. The molecule has 2 N–H and O–H groups in total. The molecule has 0 aliphatic carbocycles. The first-order chi connectivity index (χ1) is 21.3. The second-order valence-corrected chi connectivity index (χ2v) is 12.4. The van der Waals surface area contributed by atoms with Crippen molar-refractivity contribution in [3.8, 4) is 11.5 Å². The molecule has 0 aliphatic heterocycles. The van der Waals surface area contributed by atoms with E-state index in [1.54, 1.807) is 0 Å². The van der Waals surface area contributed by atoms with Gasteiger partial charge in [0.25, 0.3) is 27.5 Å². The topological polar surface area (TPSA) is 237 Å². The van der Waals surface area contributed by atoms with Crippen molar-refractivity contribution in [1.82, 2.24) is 14.4 Å². The highest BCUT2D eigenvalue weighted by molar-refractivity contribution is 7.45. The van der Waals surface area contributed by atoms with Crippen LogP contribution in [-0.2, 0) is 38.4 Å². The van der Waals surface area contributed by atoms with E-state index in [1.165, 1.54) is 83.8 Å². The van der Waals surface area contributed by atoms with Gasteiger partial charge in [-0.05, 0) is 35.4 Å². The third-order valence-corrected chi connectivity index (χ3v) is 6.94. The normalized spacial score (nSPS) is 13.7. The highest BCUT2D eigenvalue weighted by atomic mass is 31.2. The number of ether oxygens (including phenoxy) is 2. The summed E-state index contributed by atoms with van der Waals surface area (Å²) in [5.74, 6) is -4.92. The number of carbonyl (C=O) groups excluding carboxylic acids is 4. The zero-order valence-corrected chi connectivity index (χ0v) is 26.9. The molecule has 1 aromatic heterocycles. The number of phosphoric ester groups is 2. The SMILES string of the molecule is CN(C)C(=O)c1c(OC(=O)c2cccc(COP(=O)([O-])O)c2)c(OC(=O)c2cccc(COP(=O)([O-])O)c2)c(C(=O)N(C)C)n1C. The largest absolute Gasteiger partial charge is 0.756 e. The van der Waals surface area contributed by atoms with E-state index in [0.29, 0.717) is 0 Å². The Morgan fingerprint density at radius 3 is 1.37 bits per heavy atom. The summed E-state index contributed by atoms with van der Waals surface area (Å²) < 4.78 is 43.0. The van der Waals surface area contributed by atoms with Gasteiger partial charge in [-0.3, -0.25) is 18.7 Å². The van der Waals surface area contributed by atoms with Crippen molar-refractivity contribution in [3.63, 3.8) is 0 Å². The molecule has 3 aromatic rings. The quantitative estimate of drug-likeness (QED) is 0.199. The second kappa shape index (κ2) is 14.5. The maximum atomic E-state index is 13.4.